The molecule has 0 aromatic heterocycles. The number of nitrogens with one attached hydrogen (secondary N) is 1. The van der Waals surface area contributed by atoms with Gasteiger partial charge in [0, 0.05) is 49.7 Å². The van der Waals surface area contributed by atoms with Crippen molar-refractivity contribution in [3.63, 3.8) is 0 Å². The van der Waals surface area contributed by atoms with Crippen molar-refractivity contribution in [3.05, 3.63) is 82.9 Å². The number of ether oxygens (including phenoxy) is 3. The van der Waals surface area contributed by atoms with Crippen molar-refractivity contribution in [2.75, 3.05) is 51.8 Å². The van der Waals surface area contributed by atoms with Crippen molar-refractivity contribution >= 4 is 41.5 Å². The second-order valence-electron chi connectivity index (χ2n) is 12.2. The van der Waals surface area contributed by atoms with Gasteiger partial charge >= 0.3 is 12.1 Å². The molecule has 0 spiro atoms. The largest absolute Gasteiger partial charge is 0.496 e. The minimum Gasteiger partial charge on any atom is -0.496 e. The molecular formula is C37H42ClN3O7. The standard InChI is InChI=1S/C37H42ClN3O7/c1-46-34-22-28(32(38)21-29(34)24-42)23-36(44)47-25-26-11-19-41(20-12-26)35(43)15-18-40-16-13-30(14-17-40)48-37(45)39-33-10-6-5-9-31(33)27-7-3-2-4-8-27/h2-10,21-22,24,26,30H,11-20,23,25H2,1H3,(H,39,45). The molecule has 2 aliphatic heterocycles. The fourth-order valence-corrected chi connectivity index (χ4v) is 6.44. The number of anilines is 1. The fourth-order valence-electron chi connectivity index (χ4n) is 6.20. The highest BCUT2D eigenvalue weighted by Gasteiger charge is 2.26. The molecule has 0 unspecified atom stereocenters. The van der Waals surface area contributed by atoms with Crippen LogP contribution in [-0.2, 0) is 25.5 Å². The van der Waals surface area contributed by atoms with E-state index < -0.39 is 12.1 Å². The average molecular weight is 676 g/mol. The van der Waals surface area contributed by atoms with Crippen LogP contribution in [0.15, 0.2) is 66.7 Å². The van der Waals surface area contributed by atoms with Gasteiger partial charge in [0.15, 0.2) is 6.29 Å². The second-order valence-corrected chi connectivity index (χ2v) is 12.6. The SMILES string of the molecule is COc1cc(CC(=O)OCC2CCN(C(=O)CCN3CCC(OC(=O)Nc4ccccc4-c4ccccc4)CC3)CC2)c(Cl)cc1C=O. The van der Waals surface area contributed by atoms with Gasteiger partial charge in [-0.25, -0.2) is 4.79 Å². The number of carbonyl (C=O) groups is 4. The van der Waals surface area contributed by atoms with Gasteiger partial charge in [0.25, 0.3) is 0 Å². The molecule has 0 radical (unpaired) electrons. The van der Waals surface area contributed by atoms with Gasteiger partial charge in [-0.15, -0.1) is 0 Å². The Hall–Kier alpha value is -4.41. The molecule has 2 saturated heterocycles. The number of methoxy groups -OCH3 is 1. The first-order valence-electron chi connectivity index (χ1n) is 16.4. The topological polar surface area (TPSA) is 114 Å². The molecule has 48 heavy (non-hydrogen) atoms. The van der Waals surface area contributed by atoms with E-state index in [2.05, 4.69) is 10.2 Å². The van der Waals surface area contributed by atoms with Gasteiger partial charge in [-0.1, -0.05) is 60.1 Å². The van der Waals surface area contributed by atoms with Gasteiger partial charge in [-0.05, 0) is 60.9 Å². The third-order valence-corrected chi connectivity index (χ3v) is 9.36. The Bertz CT molecular complexity index is 1570. The number of para-hydroxylation sites is 1. The summed E-state index contributed by atoms with van der Waals surface area (Å²) in [6.07, 6.45) is 3.41. The number of hydrogen-bond acceptors (Lipinski definition) is 8. The summed E-state index contributed by atoms with van der Waals surface area (Å²) in [5.41, 5.74) is 3.52. The van der Waals surface area contributed by atoms with E-state index in [1.54, 1.807) is 6.07 Å². The monoisotopic (exact) mass is 675 g/mol. The highest BCUT2D eigenvalue weighted by molar-refractivity contribution is 6.31. The van der Waals surface area contributed by atoms with Crippen LogP contribution in [0.3, 0.4) is 0 Å². The first kappa shape index (κ1) is 34.9. The number of amides is 2. The lowest BCUT2D eigenvalue weighted by atomic mass is 9.97. The number of halogens is 1. The molecule has 2 aliphatic rings. The molecule has 1 N–H and O–H groups in total. The lowest BCUT2D eigenvalue weighted by Gasteiger charge is -2.34. The molecule has 0 aliphatic carbocycles. The van der Waals surface area contributed by atoms with Crippen molar-refractivity contribution < 1.29 is 33.4 Å². The van der Waals surface area contributed by atoms with Crippen molar-refractivity contribution in [2.24, 2.45) is 5.92 Å². The highest BCUT2D eigenvalue weighted by Crippen LogP contribution is 2.29. The number of carbonyl (C=O) groups excluding carboxylic acids is 4. The lowest BCUT2D eigenvalue weighted by molar-refractivity contribution is -0.145. The van der Waals surface area contributed by atoms with E-state index >= 15 is 0 Å². The summed E-state index contributed by atoms with van der Waals surface area (Å²) >= 11 is 6.24. The quantitative estimate of drug-likeness (QED) is 0.177. The minimum atomic E-state index is -0.458. The summed E-state index contributed by atoms with van der Waals surface area (Å²) in [5, 5.41) is 3.22. The maximum absolute atomic E-state index is 13.0. The molecule has 2 heterocycles. The molecule has 2 amide bonds. The van der Waals surface area contributed by atoms with E-state index in [-0.39, 0.29) is 31.0 Å². The molecule has 2 fully saturated rings. The van der Waals surface area contributed by atoms with E-state index in [1.807, 2.05) is 59.5 Å². The van der Waals surface area contributed by atoms with Crippen LogP contribution in [0.5, 0.6) is 5.75 Å². The number of rotatable bonds is 12. The second kappa shape index (κ2) is 17.1. The molecular weight excluding hydrogens is 634 g/mol. The van der Waals surface area contributed by atoms with E-state index in [0.29, 0.717) is 59.9 Å². The molecule has 10 nitrogen and oxygen atoms in total. The number of benzene rings is 3. The maximum atomic E-state index is 13.0. The number of aldehydes is 1. The average Bonchev–Trinajstić information content (AvgIpc) is 3.11. The summed E-state index contributed by atoms with van der Waals surface area (Å²) in [7, 11) is 1.45. The predicted molar refractivity (Wildman–Crippen MR) is 183 cm³/mol. The Labute approximate surface area is 286 Å². The molecule has 0 bridgehead atoms. The predicted octanol–water partition coefficient (Wildman–Crippen LogP) is 6.26. The van der Waals surface area contributed by atoms with Crippen LogP contribution in [0.1, 0.15) is 48.0 Å². The molecule has 254 valence electrons. The minimum absolute atomic E-state index is 0.0223. The van der Waals surface area contributed by atoms with Gasteiger partial charge in [0.2, 0.25) is 5.91 Å². The van der Waals surface area contributed by atoms with Crippen molar-refractivity contribution in [2.45, 2.75) is 44.6 Å². The molecule has 0 atom stereocenters. The number of nitrogens with zero attached hydrogens (tertiary/aromatic N) is 2. The Morgan fingerprint density at radius 2 is 1.65 bits per heavy atom. The van der Waals surface area contributed by atoms with Crippen LogP contribution >= 0.6 is 11.6 Å². The van der Waals surface area contributed by atoms with Crippen LogP contribution in [0.4, 0.5) is 10.5 Å². The van der Waals surface area contributed by atoms with Crippen molar-refractivity contribution in [1.82, 2.24) is 9.80 Å². The molecule has 3 aromatic rings. The van der Waals surface area contributed by atoms with Crippen LogP contribution in [0.2, 0.25) is 5.02 Å². The van der Waals surface area contributed by atoms with Gasteiger partial charge in [0.05, 0.1) is 31.4 Å². The summed E-state index contributed by atoms with van der Waals surface area (Å²) in [4.78, 5) is 53.5. The zero-order valence-electron chi connectivity index (χ0n) is 27.2. The Balaban J connectivity index is 0.965. The van der Waals surface area contributed by atoms with Gasteiger partial charge in [0.1, 0.15) is 11.9 Å². The first-order chi connectivity index (χ1) is 23.3. The Morgan fingerprint density at radius 1 is 0.938 bits per heavy atom. The molecule has 11 heteroatoms. The molecule has 0 saturated carbocycles. The Morgan fingerprint density at radius 3 is 2.35 bits per heavy atom. The summed E-state index contributed by atoms with van der Waals surface area (Å²) in [5.74, 6) is 0.264. The van der Waals surface area contributed by atoms with Crippen LogP contribution in [0.25, 0.3) is 11.1 Å². The van der Waals surface area contributed by atoms with E-state index in [0.717, 1.165) is 49.9 Å². The molecule has 3 aromatic carbocycles. The third kappa shape index (κ3) is 9.58. The highest BCUT2D eigenvalue weighted by atomic mass is 35.5. The maximum Gasteiger partial charge on any atom is 0.411 e. The smallest absolute Gasteiger partial charge is 0.411 e. The number of piperidine rings is 2. The third-order valence-electron chi connectivity index (χ3n) is 9.01. The number of hydrogen-bond donors (Lipinski definition) is 1. The zero-order chi connectivity index (χ0) is 33.9. The summed E-state index contributed by atoms with van der Waals surface area (Å²) < 4.78 is 16.5. The zero-order valence-corrected chi connectivity index (χ0v) is 28.0. The number of likely N-dealkylation sites (tertiary alicyclic amines) is 2. The molecule has 5 rings (SSSR count). The van der Waals surface area contributed by atoms with Crippen LogP contribution < -0.4 is 10.1 Å². The van der Waals surface area contributed by atoms with Gasteiger partial charge < -0.3 is 24.0 Å². The Kier molecular flexibility index (Phi) is 12.5. The number of esters is 1. The fraction of sp³-hybridized carbons (Fsp3) is 0.405. The van der Waals surface area contributed by atoms with Gasteiger partial charge in [-0.2, -0.15) is 0 Å². The summed E-state index contributed by atoms with van der Waals surface area (Å²) in [6.45, 7) is 3.75. The van der Waals surface area contributed by atoms with E-state index in [9.17, 15) is 19.2 Å². The summed E-state index contributed by atoms with van der Waals surface area (Å²) in [6, 6.07) is 20.6. The normalized spacial score (nSPS) is 15.8. The van der Waals surface area contributed by atoms with E-state index in [4.69, 9.17) is 25.8 Å². The van der Waals surface area contributed by atoms with Crippen LogP contribution in [-0.4, -0.2) is 86.6 Å². The van der Waals surface area contributed by atoms with Crippen molar-refractivity contribution in [1.29, 1.82) is 0 Å². The van der Waals surface area contributed by atoms with Crippen molar-refractivity contribution in [3.8, 4) is 16.9 Å². The van der Waals surface area contributed by atoms with E-state index in [1.165, 1.54) is 13.2 Å². The lowest BCUT2D eigenvalue weighted by Crippen LogP contribution is -2.43. The van der Waals surface area contributed by atoms with Gasteiger partial charge in [-0.3, -0.25) is 19.7 Å². The van der Waals surface area contributed by atoms with Crippen LogP contribution in [0, 0.1) is 5.92 Å². The first-order valence-corrected chi connectivity index (χ1v) is 16.8.